The van der Waals surface area contributed by atoms with Crippen molar-refractivity contribution >= 4 is 15.7 Å². The maximum Gasteiger partial charge on any atom is 0.220 e. The molecule has 5 nitrogen and oxygen atoms in total. The lowest BCUT2D eigenvalue weighted by molar-refractivity contribution is -0.121. The molecule has 6 heteroatoms. The van der Waals surface area contributed by atoms with Gasteiger partial charge in [-0.25, -0.2) is 8.42 Å². The van der Waals surface area contributed by atoms with Crippen LogP contribution < -0.4 is 11.1 Å². The minimum atomic E-state index is -3.08. The van der Waals surface area contributed by atoms with E-state index in [1.165, 1.54) is 0 Å². The molecule has 0 heterocycles. The number of rotatable bonds is 7. The van der Waals surface area contributed by atoms with Gasteiger partial charge in [0, 0.05) is 24.8 Å². The van der Waals surface area contributed by atoms with E-state index in [4.69, 9.17) is 5.73 Å². The molecule has 0 aliphatic rings. The Balaban J connectivity index is 2.37. The summed E-state index contributed by atoms with van der Waals surface area (Å²) in [4.78, 5) is 11.7. The highest BCUT2D eigenvalue weighted by Crippen LogP contribution is 2.14. The van der Waals surface area contributed by atoms with Crippen molar-refractivity contribution in [2.45, 2.75) is 31.8 Å². The van der Waals surface area contributed by atoms with Crippen molar-refractivity contribution in [1.82, 2.24) is 5.32 Å². The number of amides is 1. The van der Waals surface area contributed by atoms with Crippen molar-refractivity contribution in [2.24, 2.45) is 5.73 Å². The third kappa shape index (κ3) is 6.68. The van der Waals surface area contributed by atoms with Gasteiger partial charge in [0.1, 0.15) is 9.84 Å². The largest absolute Gasteiger partial charge is 0.353 e. The molecule has 2 unspecified atom stereocenters. The zero-order chi connectivity index (χ0) is 15.2. The second-order valence-corrected chi connectivity index (χ2v) is 7.30. The number of benzene rings is 1. The summed E-state index contributed by atoms with van der Waals surface area (Å²) in [6.07, 6.45) is 1.96. The van der Waals surface area contributed by atoms with E-state index < -0.39 is 9.84 Å². The van der Waals surface area contributed by atoms with E-state index in [2.05, 4.69) is 5.32 Å². The second-order valence-electron chi connectivity index (χ2n) is 5.12. The molecule has 20 heavy (non-hydrogen) atoms. The van der Waals surface area contributed by atoms with Crippen molar-refractivity contribution in [3.63, 3.8) is 0 Å². The van der Waals surface area contributed by atoms with E-state index in [0.29, 0.717) is 6.42 Å². The molecule has 1 aromatic carbocycles. The quantitative estimate of drug-likeness (QED) is 0.786. The molecule has 0 aliphatic heterocycles. The number of carbonyl (C=O) groups excluding carboxylic acids is 1. The second kappa shape index (κ2) is 7.40. The highest BCUT2D eigenvalue weighted by atomic mass is 32.2. The Hall–Kier alpha value is -1.40. The first-order valence-corrected chi connectivity index (χ1v) is 8.61. The molecular weight excluding hydrogens is 276 g/mol. The maximum atomic E-state index is 11.7. The van der Waals surface area contributed by atoms with Gasteiger partial charge in [-0.3, -0.25) is 4.79 Å². The number of nitrogens with one attached hydrogen (secondary N) is 1. The standard InChI is InChI=1S/C14H22N2O3S/c1-11(10-20(2,18)19)16-14(17)9-8-13(15)12-6-4-3-5-7-12/h3-7,11,13H,8-10,15H2,1-2H3,(H,16,17). The topological polar surface area (TPSA) is 89.3 Å². The summed E-state index contributed by atoms with van der Waals surface area (Å²) >= 11 is 0. The summed E-state index contributed by atoms with van der Waals surface area (Å²) in [5, 5.41) is 2.67. The van der Waals surface area contributed by atoms with E-state index in [9.17, 15) is 13.2 Å². The summed E-state index contributed by atoms with van der Waals surface area (Å²) in [6.45, 7) is 1.68. The summed E-state index contributed by atoms with van der Waals surface area (Å²) in [5.41, 5.74) is 6.99. The molecule has 0 radical (unpaired) electrons. The Morgan fingerprint density at radius 2 is 1.90 bits per heavy atom. The van der Waals surface area contributed by atoms with E-state index in [0.717, 1.165) is 11.8 Å². The van der Waals surface area contributed by atoms with Crippen molar-refractivity contribution < 1.29 is 13.2 Å². The molecule has 1 rings (SSSR count). The van der Waals surface area contributed by atoms with Crippen LogP contribution in [0.25, 0.3) is 0 Å². The van der Waals surface area contributed by atoms with E-state index >= 15 is 0 Å². The SMILES string of the molecule is CC(CS(C)(=O)=O)NC(=O)CCC(N)c1ccccc1. The van der Waals surface area contributed by atoms with Gasteiger partial charge < -0.3 is 11.1 Å². The van der Waals surface area contributed by atoms with Gasteiger partial charge in [-0.15, -0.1) is 0 Å². The van der Waals surface area contributed by atoms with Crippen LogP contribution in [-0.4, -0.2) is 32.4 Å². The molecular formula is C14H22N2O3S. The Kier molecular flexibility index (Phi) is 6.16. The highest BCUT2D eigenvalue weighted by Gasteiger charge is 2.14. The van der Waals surface area contributed by atoms with E-state index in [-0.39, 0.29) is 30.2 Å². The zero-order valence-electron chi connectivity index (χ0n) is 11.9. The Morgan fingerprint density at radius 3 is 2.45 bits per heavy atom. The summed E-state index contributed by atoms with van der Waals surface area (Å²) in [6, 6.07) is 9.00. The maximum absolute atomic E-state index is 11.7. The molecule has 1 amide bonds. The minimum absolute atomic E-state index is 0.0521. The van der Waals surface area contributed by atoms with Gasteiger partial charge in [0.15, 0.2) is 0 Å². The molecule has 0 aliphatic carbocycles. The predicted molar refractivity (Wildman–Crippen MR) is 79.9 cm³/mol. The molecule has 0 saturated carbocycles. The lowest BCUT2D eigenvalue weighted by Crippen LogP contribution is -2.37. The van der Waals surface area contributed by atoms with Crippen LogP contribution in [0.3, 0.4) is 0 Å². The third-order valence-corrected chi connectivity index (χ3v) is 3.98. The molecule has 0 bridgehead atoms. The lowest BCUT2D eigenvalue weighted by atomic mass is 10.0. The first-order chi connectivity index (χ1) is 9.28. The van der Waals surface area contributed by atoms with Crippen LogP contribution in [0.5, 0.6) is 0 Å². The van der Waals surface area contributed by atoms with Crippen molar-refractivity contribution in [2.75, 3.05) is 12.0 Å². The summed E-state index contributed by atoms with van der Waals surface area (Å²) < 4.78 is 22.2. The van der Waals surface area contributed by atoms with Gasteiger partial charge in [-0.05, 0) is 18.9 Å². The number of nitrogens with two attached hydrogens (primary N) is 1. The number of hydrogen-bond acceptors (Lipinski definition) is 4. The average Bonchev–Trinajstić information content (AvgIpc) is 2.34. The van der Waals surface area contributed by atoms with Gasteiger partial charge in [0.05, 0.1) is 5.75 Å². The molecule has 2 atom stereocenters. The fraction of sp³-hybridized carbons (Fsp3) is 0.500. The first kappa shape index (κ1) is 16.7. The molecule has 112 valence electrons. The van der Waals surface area contributed by atoms with Crippen molar-refractivity contribution in [3.8, 4) is 0 Å². The highest BCUT2D eigenvalue weighted by molar-refractivity contribution is 7.90. The minimum Gasteiger partial charge on any atom is -0.353 e. The number of sulfone groups is 1. The van der Waals surface area contributed by atoms with Crippen LogP contribution in [0.1, 0.15) is 31.4 Å². The first-order valence-electron chi connectivity index (χ1n) is 6.55. The van der Waals surface area contributed by atoms with Crippen molar-refractivity contribution in [3.05, 3.63) is 35.9 Å². The lowest BCUT2D eigenvalue weighted by Gasteiger charge is -2.15. The third-order valence-electron chi connectivity index (χ3n) is 2.87. The summed E-state index contributed by atoms with van der Waals surface area (Å²) in [7, 11) is -3.08. The normalized spacial score (nSPS) is 14.6. The Morgan fingerprint density at radius 1 is 1.30 bits per heavy atom. The Labute approximate surface area is 120 Å². The molecule has 1 aromatic rings. The van der Waals surface area contributed by atoms with Gasteiger partial charge in [-0.2, -0.15) is 0 Å². The van der Waals surface area contributed by atoms with E-state index in [1.807, 2.05) is 30.3 Å². The molecule has 3 N–H and O–H groups in total. The van der Waals surface area contributed by atoms with E-state index in [1.54, 1.807) is 6.92 Å². The smallest absolute Gasteiger partial charge is 0.220 e. The zero-order valence-corrected chi connectivity index (χ0v) is 12.7. The van der Waals surface area contributed by atoms with Crippen LogP contribution in [0.15, 0.2) is 30.3 Å². The van der Waals surface area contributed by atoms with Gasteiger partial charge in [-0.1, -0.05) is 30.3 Å². The number of hydrogen-bond donors (Lipinski definition) is 2. The predicted octanol–water partition coefficient (Wildman–Crippen LogP) is 1.02. The Bertz CT molecular complexity index is 529. The average molecular weight is 298 g/mol. The van der Waals surface area contributed by atoms with Crippen LogP contribution in [0.4, 0.5) is 0 Å². The monoisotopic (exact) mass is 298 g/mol. The fourth-order valence-corrected chi connectivity index (χ4v) is 2.99. The van der Waals surface area contributed by atoms with Gasteiger partial charge in [0.25, 0.3) is 0 Å². The molecule has 0 saturated heterocycles. The molecule has 0 spiro atoms. The molecule has 0 aromatic heterocycles. The number of carbonyl (C=O) groups is 1. The van der Waals surface area contributed by atoms with Crippen LogP contribution >= 0.6 is 0 Å². The van der Waals surface area contributed by atoms with Gasteiger partial charge >= 0.3 is 0 Å². The fourth-order valence-electron chi connectivity index (χ4n) is 2.00. The van der Waals surface area contributed by atoms with Crippen LogP contribution in [0, 0.1) is 0 Å². The van der Waals surface area contributed by atoms with Crippen molar-refractivity contribution in [1.29, 1.82) is 0 Å². The molecule has 0 fully saturated rings. The summed E-state index contributed by atoms with van der Waals surface area (Å²) in [5.74, 6) is -0.226. The van der Waals surface area contributed by atoms with Crippen LogP contribution in [-0.2, 0) is 14.6 Å². The van der Waals surface area contributed by atoms with Crippen LogP contribution in [0.2, 0.25) is 0 Å². The van der Waals surface area contributed by atoms with Gasteiger partial charge in [0.2, 0.25) is 5.91 Å².